The molecule has 0 aromatic heterocycles. The van der Waals surface area contributed by atoms with E-state index in [2.05, 4.69) is 5.32 Å². The summed E-state index contributed by atoms with van der Waals surface area (Å²) in [6.45, 7) is 4.62. The lowest BCUT2D eigenvalue weighted by Crippen LogP contribution is -2.37. The number of likely N-dealkylation sites (N-methyl/N-ethyl adjacent to an activating group) is 1. The number of anilines is 1. The van der Waals surface area contributed by atoms with E-state index >= 15 is 0 Å². The molecule has 2 rings (SSSR count). The minimum atomic E-state index is -0.379. The average molecular weight is 304 g/mol. The van der Waals surface area contributed by atoms with Gasteiger partial charge in [-0.2, -0.15) is 0 Å². The van der Waals surface area contributed by atoms with Crippen LogP contribution in [-0.4, -0.2) is 43.5 Å². The maximum atomic E-state index is 12.1. The van der Waals surface area contributed by atoms with Gasteiger partial charge in [-0.25, -0.2) is 0 Å². The predicted octanol–water partition coefficient (Wildman–Crippen LogP) is 1.59. The van der Waals surface area contributed by atoms with Crippen LogP contribution in [-0.2, 0) is 19.1 Å². The summed E-state index contributed by atoms with van der Waals surface area (Å²) in [5.74, 6) is -0.522. The van der Waals surface area contributed by atoms with E-state index in [9.17, 15) is 9.59 Å². The monoisotopic (exact) mass is 304 g/mol. The Labute approximate surface area is 129 Å². The van der Waals surface area contributed by atoms with Gasteiger partial charge in [-0.15, -0.1) is 0 Å². The quantitative estimate of drug-likeness (QED) is 0.917. The second-order valence-electron chi connectivity index (χ2n) is 5.16. The highest BCUT2D eigenvalue weighted by Gasteiger charge is 2.21. The second kappa shape index (κ2) is 6.98. The van der Waals surface area contributed by atoms with Crippen molar-refractivity contribution in [3.05, 3.63) is 41.3 Å². The van der Waals surface area contributed by atoms with Crippen molar-refractivity contribution in [1.29, 1.82) is 0 Å². The molecule has 1 aliphatic rings. The zero-order valence-electron chi connectivity index (χ0n) is 13.0. The fourth-order valence-corrected chi connectivity index (χ4v) is 2.03. The molecule has 0 radical (unpaired) electrons. The standard InChI is InChI=1S/C16H20N2O4/c1-11-5-4-6-13(12(11)2)17-15(19)9-18(3)16(20)14-10-21-7-8-22-14/h4-6,10H,7-9H2,1-3H3,(H,17,19). The number of amides is 2. The van der Waals surface area contributed by atoms with E-state index in [1.165, 1.54) is 11.2 Å². The molecule has 6 nitrogen and oxygen atoms in total. The summed E-state index contributed by atoms with van der Waals surface area (Å²) in [6.07, 6.45) is 1.28. The number of hydrogen-bond donors (Lipinski definition) is 1. The van der Waals surface area contributed by atoms with Crippen LogP contribution in [0, 0.1) is 13.8 Å². The summed E-state index contributed by atoms with van der Waals surface area (Å²) in [5.41, 5.74) is 2.86. The highest BCUT2D eigenvalue weighted by atomic mass is 16.6. The van der Waals surface area contributed by atoms with E-state index < -0.39 is 0 Å². The fraction of sp³-hybridized carbons (Fsp3) is 0.375. The third-order valence-corrected chi connectivity index (χ3v) is 3.47. The summed E-state index contributed by atoms with van der Waals surface area (Å²) in [4.78, 5) is 25.4. The molecule has 1 aromatic carbocycles. The minimum Gasteiger partial charge on any atom is -0.494 e. The first-order chi connectivity index (χ1) is 10.5. The molecule has 1 aliphatic heterocycles. The fourth-order valence-electron chi connectivity index (χ4n) is 2.03. The number of aryl methyl sites for hydroxylation is 1. The molecule has 0 aliphatic carbocycles. The van der Waals surface area contributed by atoms with Crippen molar-refractivity contribution in [2.24, 2.45) is 0 Å². The molecular weight excluding hydrogens is 284 g/mol. The summed E-state index contributed by atoms with van der Waals surface area (Å²) in [5, 5.41) is 2.82. The van der Waals surface area contributed by atoms with E-state index in [-0.39, 0.29) is 24.1 Å². The van der Waals surface area contributed by atoms with Crippen LogP contribution in [0.15, 0.2) is 30.2 Å². The predicted molar refractivity (Wildman–Crippen MR) is 82.2 cm³/mol. The maximum absolute atomic E-state index is 12.1. The summed E-state index contributed by atoms with van der Waals surface area (Å²) < 4.78 is 10.3. The van der Waals surface area contributed by atoms with E-state index in [1.807, 2.05) is 32.0 Å². The average Bonchev–Trinajstić information content (AvgIpc) is 2.52. The first kappa shape index (κ1) is 15.9. The number of ether oxygens (including phenoxy) is 2. The van der Waals surface area contributed by atoms with Gasteiger partial charge in [0.25, 0.3) is 5.91 Å². The van der Waals surface area contributed by atoms with Crippen molar-refractivity contribution in [2.45, 2.75) is 13.8 Å². The molecule has 0 fully saturated rings. The van der Waals surface area contributed by atoms with Crippen molar-refractivity contribution < 1.29 is 19.1 Å². The number of nitrogens with zero attached hydrogens (tertiary/aromatic N) is 1. The molecule has 0 saturated heterocycles. The second-order valence-corrected chi connectivity index (χ2v) is 5.16. The number of carbonyl (C=O) groups excluding carboxylic acids is 2. The van der Waals surface area contributed by atoms with E-state index in [0.717, 1.165) is 16.8 Å². The van der Waals surface area contributed by atoms with E-state index in [1.54, 1.807) is 7.05 Å². The number of hydrogen-bond acceptors (Lipinski definition) is 4. The van der Waals surface area contributed by atoms with Gasteiger partial charge in [-0.3, -0.25) is 9.59 Å². The first-order valence-electron chi connectivity index (χ1n) is 7.05. The number of rotatable bonds is 4. The third-order valence-electron chi connectivity index (χ3n) is 3.47. The molecule has 22 heavy (non-hydrogen) atoms. The highest BCUT2D eigenvalue weighted by Crippen LogP contribution is 2.18. The molecule has 1 N–H and O–H groups in total. The van der Waals surface area contributed by atoms with Crippen LogP contribution in [0.1, 0.15) is 11.1 Å². The molecule has 0 bridgehead atoms. The lowest BCUT2D eigenvalue weighted by molar-refractivity contribution is -0.134. The lowest BCUT2D eigenvalue weighted by Gasteiger charge is -2.21. The third kappa shape index (κ3) is 3.78. The van der Waals surface area contributed by atoms with Crippen LogP contribution < -0.4 is 5.32 Å². The molecular formula is C16H20N2O4. The smallest absolute Gasteiger partial charge is 0.292 e. The van der Waals surface area contributed by atoms with Gasteiger partial charge in [-0.1, -0.05) is 12.1 Å². The van der Waals surface area contributed by atoms with E-state index in [0.29, 0.717) is 13.2 Å². The van der Waals surface area contributed by atoms with Gasteiger partial charge in [0.2, 0.25) is 11.7 Å². The van der Waals surface area contributed by atoms with Crippen molar-refractivity contribution in [1.82, 2.24) is 4.90 Å². The largest absolute Gasteiger partial charge is 0.494 e. The minimum absolute atomic E-state index is 0.0626. The summed E-state index contributed by atoms with van der Waals surface area (Å²) in [6, 6.07) is 5.70. The van der Waals surface area contributed by atoms with Crippen LogP contribution >= 0.6 is 0 Å². The van der Waals surface area contributed by atoms with Crippen LogP contribution in [0.5, 0.6) is 0 Å². The van der Waals surface area contributed by atoms with Gasteiger partial charge in [0.15, 0.2) is 0 Å². The Bertz CT molecular complexity index is 610. The summed E-state index contributed by atoms with van der Waals surface area (Å²) in [7, 11) is 1.55. The molecule has 6 heteroatoms. The molecule has 1 aromatic rings. The molecule has 0 saturated carbocycles. The molecule has 0 atom stereocenters. The highest BCUT2D eigenvalue weighted by molar-refractivity contribution is 5.98. The maximum Gasteiger partial charge on any atom is 0.292 e. The van der Waals surface area contributed by atoms with Gasteiger partial charge < -0.3 is 19.7 Å². The topological polar surface area (TPSA) is 67.9 Å². The Hall–Kier alpha value is -2.50. The van der Waals surface area contributed by atoms with E-state index in [4.69, 9.17) is 9.47 Å². The number of nitrogens with one attached hydrogen (secondary N) is 1. The number of benzene rings is 1. The van der Waals surface area contributed by atoms with Crippen molar-refractivity contribution in [3.8, 4) is 0 Å². The zero-order valence-corrected chi connectivity index (χ0v) is 13.0. The van der Waals surface area contributed by atoms with Gasteiger partial charge in [0.05, 0.1) is 6.54 Å². The summed E-state index contributed by atoms with van der Waals surface area (Å²) >= 11 is 0. The molecule has 0 spiro atoms. The van der Waals surface area contributed by atoms with Crippen LogP contribution in [0.2, 0.25) is 0 Å². The Balaban J connectivity index is 1.95. The SMILES string of the molecule is Cc1cccc(NC(=O)CN(C)C(=O)C2=COCCO2)c1C. The van der Waals surface area contributed by atoms with Gasteiger partial charge in [0.1, 0.15) is 19.5 Å². The van der Waals surface area contributed by atoms with Crippen molar-refractivity contribution in [3.63, 3.8) is 0 Å². The lowest BCUT2D eigenvalue weighted by atomic mass is 10.1. The van der Waals surface area contributed by atoms with Crippen molar-refractivity contribution in [2.75, 3.05) is 32.1 Å². The normalized spacial score (nSPS) is 13.5. The van der Waals surface area contributed by atoms with Crippen LogP contribution in [0.3, 0.4) is 0 Å². The molecule has 1 heterocycles. The van der Waals surface area contributed by atoms with Crippen molar-refractivity contribution >= 4 is 17.5 Å². The zero-order chi connectivity index (χ0) is 16.1. The van der Waals surface area contributed by atoms with Gasteiger partial charge in [-0.05, 0) is 31.0 Å². The molecule has 0 unspecified atom stereocenters. The Kier molecular flexibility index (Phi) is 5.04. The van der Waals surface area contributed by atoms with Crippen LogP contribution in [0.4, 0.5) is 5.69 Å². The van der Waals surface area contributed by atoms with Gasteiger partial charge in [0, 0.05) is 12.7 Å². The van der Waals surface area contributed by atoms with Gasteiger partial charge >= 0.3 is 0 Å². The Morgan fingerprint density at radius 3 is 2.73 bits per heavy atom. The molecule has 118 valence electrons. The Morgan fingerprint density at radius 1 is 1.27 bits per heavy atom. The van der Waals surface area contributed by atoms with Crippen LogP contribution in [0.25, 0.3) is 0 Å². The Morgan fingerprint density at radius 2 is 2.05 bits per heavy atom. The first-order valence-corrected chi connectivity index (χ1v) is 7.05. The molecule has 2 amide bonds. The number of carbonyl (C=O) groups is 2.